The Morgan fingerprint density at radius 1 is 1.04 bits per heavy atom. The first-order valence-corrected chi connectivity index (χ1v) is 11.6. The number of rotatable bonds is 8. The molecule has 3 fully saturated rings. The smallest absolute Gasteiger partial charge is 0.248 e. The maximum absolute atomic E-state index is 11.5. The number of nitrogens with zero attached hydrogens (tertiary/aromatic N) is 1. The highest BCUT2D eigenvalue weighted by Gasteiger charge is 2.40. The van der Waals surface area contributed by atoms with Gasteiger partial charge in [-0.3, -0.25) is 9.69 Å². The van der Waals surface area contributed by atoms with Gasteiger partial charge in [-0.15, -0.1) is 0 Å². The van der Waals surface area contributed by atoms with Gasteiger partial charge < -0.3 is 11.1 Å². The Labute approximate surface area is 170 Å². The molecule has 3 N–H and O–H groups in total. The van der Waals surface area contributed by atoms with E-state index >= 15 is 0 Å². The van der Waals surface area contributed by atoms with Crippen molar-refractivity contribution in [3.63, 3.8) is 0 Å². The first kappa shape index (κ1) is 19.9. The molecule has 154 valence electrons. The number of benzene rings is 1. The minimum atomic E-state index is -0.318. The van der Waals surface area contributed by atoms with E-state index in [1.54, 1.807) is 0 Å². The average Bonchev–Trinajstić information content (AvgIpc) is 2.95. The summed E-state index contributed by atoms with van der Waals surface area (Å²) in [7, 11) is 0. The van der Waals surface area contributed by atoms with Crippen LogP contribution in [-0.2, 0) is 0 Å². The monoisotopic (exact) mass is 383 g/mol. The van der Waals surface area contributed by atoms with E-state index in [0.717, 1.165) is 12.5 Å². The first-order valence-electron chi connectivity index (χ1n) is 11.6. The molecule has 2 bridgehead atoms. The molecule has 1 unspecified atom stereocenters. The van der Waals surface area contributed by atoms with Crippen LogP contribution in [0.25, 0.3) is 0 Å². The maximum atomic E-state index is 11.5. The molecule has 1 aromatic rings. The second-order valence-corrected chi connectivity index (χ2v) is 9.32. The summed E-state index contributed by atoms with van der Waals surface area (Å²) in [6.07, 6.45) is 13.7. The van der Waals surface area contributed by atoms with E-state index in [1.165, 1.54) is 82.9 Å². The van der Waals surface area contributed by atoms with E-state index in [4.69, 9.17) is 5.73 Å². The number of carbonyl (C=O) groups is 1. The van der Waals surface area contributed by atoms with Crippen LogP contribution in [0, 0.1) is 5.92 Å². The van der Waals surface area contributed by atoms with E-state index in [2.05, 4.69) is 16.3 Å². The number of hydrogen-bond donors (Lipinski definition) is 2. The number of primary amides is 1. The van der Waals surface area contributed by atoms with Crippen molar-refractivity contribution in [2.24, 2.45) is 11.7 Å². The second-order valence-electron chi connectivity index (χ2n) is 9.32. The maximum Gasteiger partial charge on any atom is 0.248 e. The number of nitrogens with two attached hydrogens (primary N) is 1. The van der Waals surface area contributed by atoms with Gasteiger partial charge in [-0.1, -0.05) is 44.2 Å². The fraction of sp³-hybridized carbons (Fsp3) is 0.708. The highest BCUT2D eigenvalue weighted by molar-refractivity contribution is 5.92. The zero-order chi connectivity index (χ0) is 19.3. The van der Waals surface area contributed by atoms with E-state index in [0.29, 0.717) is 23.6 Å². The van der Waals surface area contributed by atoms with Gasteiger partial charge in [0.1, 0.15) is 0 Å². The van der Waals surface area contributed by atoms with Gasteiger partial charge in [-0.2, -0.15) is 0 Å². The summed E-state index contributed by atoms with van der Waals surface area (Å²) in [5, 5.41) is 3.72. The highest BCUT2D eigenvalue weighted by atomic mass is 16.1. The molecular formula is C24H37N3O. The SMILES string of the molecule is NC(=O)c1cccc(C2C[C@H]3CC[C@@H](C2)N3CCNCCC2CCCCC2)c1. The van der Waals surface area contributed by atoms with Gasteiger partial charge in [-0.05, 0) is 68.2 Å². The predicted molar refractivity (Wildman–Crippen MR) is 115 cm³/mol. The Balaban J connectivity index is 1.23. The Hall–Kier alpha value is -1.39. The van der Waals surface area contributed by atoms with Crippen LogP contribution >= 0.6 is 0 Å². The van der Waals surface area contributed by atoms with Gasteiger partial charge in [0, 0.05) is 30.7 Å². The molecule has 4 nitrogen and oxygen atoms in total. The molecule has 4 rings (SSSR count). The van der Waals surface area contributed by atoms with Crippen molar-refractivity contribution in [1.29, 1.82) is 0 Å². The third-order valence-corrected chi connectivity index (χ3v) is 7.53. The molecule has 1 aromatic carbocycles. The van der Waals surface area contributed by atoms with Crippen molar-refractivity contribution in [3.05, 3.63) is 35.4 Å². The molecule has 28 heavy (non-hydrogen) atoms. The van der Waals surface area contributed by atoms with Crippen molar-refractivity contribution in [3.8, 4) is 0 Å². The first-order chi connectivity index (χ1) is 13.7. The largest absolute Gasteiger partial charge is 0.366 e. The fourth-order valence-electron chi connectivity index (χ4n) is 5.97. The van der Waals surface area contributed by atoms with Crippen LogP contribution in [0.5, 0.6) is 0 Å². The summed E-state index contributed by atoms with van der Waals surface area (Å²) in [4.78, 5) is 14.3. The lowest BCUT2D eigenvalue weighted by Crippen LogP contribution is -2.45. The van der Waals surface area contributed by atoms with E-state index in [9.17, 15) is 4.79 Å². The molecule has 3 atom stereocenters. The molecule has 2 heterocycles. The summed E-state index contributed by atoms with van der Waals surface area (Å²) >= 11 is 0. The van der Waals surface area contributed by atoms with Crippen LogP contribution in [0.2, 0.25) is 0 Å². The second kappa shape index (κ2) is 9.41. The molecule has 2 aliphatic heterocycles. The molecule has 0 radical (unpaired) electrons. The van der Waals surface area contributed by atoms with E-state index < -0.39 is 0 Å². The zero-order valence-corrected chi connectivity index (χ0v) is 17.2. The number of fused-ring (bicyclic) bond motifs is 2. The van der Waals surface area contributed by atoms with Crippen molar-refractivity contribution in [2.45, 2.75) is 82.2 Å². The van der Waals surface area contributed by atoms with Crippen LogP contribution in [0.15, 0.2) is 24.3 Å². The lowest BCUT2D eigenvalue weighted by Gasteiger charge is -2.39. The van der Waals surface area contributed by atoms with Crippen molar-refractivity contribution in [1.82, 2.24) is 10.2 Å². The van der Waals surface area contributed by atoms with Crippen LogP contribution in [0.3, 0.4) is 0 Å². The van der Waals surface area contributed by atoms with E-state index in [1.807, 2.05) is 18.2 Å². The topological polar surface area (TPSA) is 58.4 Å². The predicted octanol–water partition coefficient (Wildman–Crippen LogP) is 4.06. The summed E-state index contributed by atoms with van der Waals surface area (Å²) < 4.78 is 0. The van der Waals surface area contributed by atoms with Crippen molar-refractivity contribution < 1.29 is 4.79 Å². The number of piperidine rings is 1. The Bertz CT molecular complexity index is 641. The Morgan fingerprint density at radius 3 is 2.50 bits per heavy atom. The molecule has 4 heteroatoms. The van der Waals surface area contributed by atoms with Crippen molar-refractivity contribution >= 4 is 5.91 Å². The molecular weight excluding hydrogens is 346 g/mol. The normalized spacial score (nSPS) is 28.5. The van der Waals surface area contributed by atoms with E-state index in [-0.39, 0.29) is 5.91 Å². The van der Waals surface area contributed by atoms with Crippen LogP contribution < -0.4 is 11.1 Å². The minimum absolute atomic E-state index is 0.318. The summed E-state index contributed by atoms with van der Waals surface area (Å²) in [6.45, 7) is 3.51. The van der Waals surface area contributed by atoms with Crippen LogP contribution in [0.4, 0.5) is 0 Å². The molecule has 1 saturated carbocycles. The highest BCUT2D eigenvalue weighted by Crippen LogP contribution is 2.42. The van der Waals surface area contributed by atoms with Crippen LogP contribution in [-0.4, -0.2) is 42.5 Å². The third kappa shape index (κ3) is 4.77. The lowest BCUT2D eigenvalue weighted by molar-refractivity contribution is 0.1000. The number of amides is 1. The zero-order valence-electron chi connectivity index (χ0n) is 17.2. The van der Waals surface area contributed by atoms with Gasteiger partial charge in [0.2, 0.25) is 5.91 Å². The van der Waals surface area contributed by atoms with Gasteiger partial charge in [-0.25, -0.2) is 0 Å². The molecule has 3 aliphatic rings. The molecule has 0 aromatic heterocycles. The quantitative estimate of drug-likeness (QED) is 0.666. The van der Waals surface area contributed by atoms with Gasteiger partial charge >= 0.3 is 0 Å². The van der Waals surface area contributed by atoms with Gasteiger partial charge in [0.15, 0.2) is 0 Å². The Kier molecular flexibility index (Phi) is 6.69. The average molecular weight is 384 g/mol. The molecule has 1 amide bonds. The number of hydrogen-bond acceptors (Lipinski definition) is 3. The number of nitrogens with one attached hydrogen (secondary N) is 1. The Morgan fingerprint density at radius 2 is 1.79 bits per heavy atom. The lowest BCUT2D eigenvalue weighted by atomic mass is 9.84. The van der Waals surface area contributed by atoms with Crippen molar-refractivity contribution in [2.75, 3.05) is 19.6 Å². The molecule has 2 saturated heterocycles. The molecule has 0 spiro atoms. The van der Waals surface area contributed by atoms with Gasteiger partial charge in [0.05, 0.1) is 0 Å². The fourth-order valence-corrected chi connectivity index (χ4v) is 5.97. The van der Waals surface area contributed by atoms with Gasteiger partial charge in [0.25, 0.3) is 0 Å². The standard InChI is InChI=1S/C24H37N3O/c25-24(28)20-8-4-7-19(15-20)21-16-22-9-10-23(17-21)27(22)14-13-26-12-11-18-5-2-1-3-6-18/h4,7-8,15,18,21-23,26H,1-3,5-6,9-14,16-17H2,(H2,25,28)/t21?,22-,23+. The minimum Gasteiger partial charge on any atom is -0.366 e. The summed E-state index contributed by atoms with van der Waals surface area (Å²) in [5.74, 6) is 1.23. The summed E-state index contributed by atoms with van der Waals surface area (Å²) in [5.41, 5.74) is 7.43. The van der Waals surface area contributed by atoms with Crippen LogP contribution in [0.1, 0.15) is 86.0 Å². The molecule has 1 aliphatic carbocycles. The number of carbonyl (C=O) groups excluding carboxylic acids is 1. The summed E-state index contributed by atoms with van der Waals surface area (Å²) in [6, 6.07) is 9.44. The third-order valence-electron chi connectivity index (χ3n) is 7.53.